The summed E-state index contributed by atoms with van der Waals surface area (Å²) in [5, 5.41) is 0. The smallest absolute Gasteiger partial charge is 0.162 e. The van der Waals surface area contributed by atoms with Crippen LogP contribution in [0.2, 0.25) is 0 Å². The molecule has 2 atom stereocenters. The first kappa shape index (κ1) is 14.4. The summed E-state index contributed by atoms with van der Waals surface area (Å²) in [6, 6.07) is 15.9. The molecule has 0 radical (unpaired) electrons. The number of hydrogen-bond donors (Lipinski definition) is 1. The number of benzene rings is 2. The molecule has 20 heavy (non-hydrogen) atoms. The normalized spacial score (nSPS) is 13.6. The van der Waals surface area contributed by atoms with Gasteiger partial charge in [0.05, 0.1) is 7.11 Å². The molecule has 0 saturated carbocycles. The van der Waals surface area contributed by atoms with E-state index in [1.807, 2.05) is 62.4 Å². The van der Waals surface area contributed by atoms with Crippen LogP contribution in [0.4, 0.5) is 0 Å². The molecule has 0 heterocycles. The molecule has 0 spiro atoms. The van der Waals surface area contributed by atoms with Crippen molar-refractivity contribution in [3.05, 3.63) is 59.7 Å². The molecule has 0 amide bonds. The molecule has 0 saturated heterocycles. The molecule has 2 N–H and O–H groups in total. The summed E-state index contributed by atoms with van der Waals surface area (Å²) in [7, 11) is 1.64. The minimum atomic E-state index is -0.0359. The fourth-order valence-electron chi connectivity index (χ4n) is 2.05. The Hall–Kier alpha value is -2.00. The second-order valence-corrected chi connectivity index (χ2v) is 4.87. The lowest BCUT2D eigenvalue weighted by Gasteiger charge is -2.18. The quantitative estimate of drug-likeness (QED) is 0.898. The molecule has 2 aromatic carbocycles. The van der Waals surface area contributed by atoms with E-state index in [1.54, 1.807) is 7.11 Å². The summed E-state index contributed by atoms with van der Waals surface area (Å²) in [5.41, 5.74) is 8.04. The molecule has 0 aliphatic heterocycles. The van der Waals surface area contributed by atoms with Gasteiger partial charge in [0.2, 0.25) is 0 Å². The zero-order chi connectivity index (χ0) is 14.5. The number of methoxy groups -OCH3 is 1. The van der Waals surface area contributed by atoms with Crippen LogP contribution in [-0.4, -0.2) is 7.11 Å². The third kappa shape index (κ3) is 3.31. The minimum Gasteiger partial charge on any atom is -0.493 e. The van der Waals surface area contributed by atoms with Gasteiger partial charge in [-0.2, -0.15) is 0 Å². The van der Waals surface area contributed by atoms with E-state index in [2.05, 4.69) is 0 Å². The molecule has 3 heteroatoms. The maximum absolute atomic E-state index is 5.99. The van der Waals surface area contributed by atoms with Crippen LogP contribution in [0.15, 0.2) is 48.5 Å². The Bertz CT molecular complexity index is 552. The zero-order valence-electron chi connectivity index (χ0n) is 12.2. The average Bonchev–Trinajstić information content (AvgIpc) is 2.48. The summed E-state index contributed by atoms with van der Waals surface area (Å²) >= 11 is 0. The summed E-state index contributed by atoms with van der Waals surface area (Å²) < 4.78 is 11.4. The predicted molar refractivity (Wildman–Crippen MR) is 81.1 cm³/mol. The van der Waals surface area contributed by atoms with E-state index in [0.717, 1.165) is 16.9 Å². The third-order valence-electron chi connectivity index (χ3n) is 3.29. The standard InChI is InChI=1S/C17H21NO2/c1-12(18)15-9-10-16(17(11-15)19-3)20-13(2)14-7-5-4-6-8-14/h4-13H,18H2,1-3H3/t12-,13?/m1/s1. The van der Waals surface area contributed by atoms with Crippen molar-refractivity contribution < 1.29 is 9.47 Å². The molecule has 2 rings (SSSR count). The highest BCUT2D eigenvalue weighted by atomic mass is 16.5. The van der Waals surface area contributed by atoms with Crippen LogP contribution in [-0.2, 0) is 0 Å². The molecule has 0 fully saturated rings. The van der Waals surface area contributed by atoms with Gasteiger partial charge in [-0.15, -0.1) is 0 Å². The van der Waals surface area contributed by atoms with Gasteiger partial charge >= 0.3 is 0 Å². The van der Waals surface area contributed by atoms with Gasteiger partial charge in [0.15, 0.2) is 11.5 Å². The Morgan fingerprint density at radius 2 is 1.60 bits per heavy atom. The second kappa shape index (κ2) is 6.44. The van der Waals surface area contributed by atoms with Crippen molar-refractivity contribution in [2.24, 2.45) is 5.73 Å². The Balaban J connectivity index is 2.21. The van der Waals surface area contributed by atoms with Gasteiger partial charge in [-0.25, -0.2) is 0 Å². The first-order valence-corrected chi connectivity index (χ1v) is 6.77. The van der Waals surface area contributed by atoms with Crippen molar-refractivity contribution in [1.29, 1.82) is 0 Å². The molecule has 0 aromatic heterocycles. The third-order valence-corrected chi connectivity index (χ3v) is 3.29. The van der Waals surface area contributed by atoms with Crippen molar-refractivity contribution in [3.8, 4) is 11.5 Å². The number of ether oxygens (including phenoxy) is 2. The van der Waals surface area contributed by atoms with Gasteiger partial charge in [-0.3, -0.25) is 0 Å². The van der Waals surface area contributed by atoms with E-state index in [-0.39, 0.29) is 12.1 Å². The second-order valence-electron chi connectivity index (χ2n) is 4.87. The lowest BCUT2D eigenvalue weighted by atomic mass is 10.1. The number of hydrogen-bond acceptors (Lipinski definition) is 3. The van der Waals surface area contributed by atoms with Gasteiger partial charge < -0.3 is 15.2 Å². The van der Waals surface area contributed by atoms with Crippen LogP contribution in [0.25, 0.3) is 0 Å². The summed E-state index contributed by atoms with van der Waals surface area (Å²) in [5.74, 6) is 1.44. The van der Waals surface area contributed by atoms with Crippen LogP contribution in [0.3, 0.4) is 0 Å². The van der Waals surface area contributed by atoms with Crippen LogP contribution >= 0.6 is 0 Å². The van der Waals surface area contributed by atoms with Crippen LogP contribution < -0.4 is 15.2 Å². The largest absolute Gasteiger partial charge is 0.493 e. The minimum absolute atomic E-state index is 0.0236. The molecule has 0 bridgehead atoms. The first-order chi connectivity index (χ1) is 9.61. The molecular formula is C17H21NO2. The molecular weight excluding hydrogens is 250 g/mol. The van der Waals surface area contributed by atoms with Gasteiger partial charge in [0.25, 0.3) is 0 Å². The van der Waals surface area contributed by atoms with Crippen LogP contribution in [0.1, 0.15) is 37.1 Å². The average molecular weight is 271 g/mol. The number of nitrogens with two attached hydrogens (primary N) is 1. The highest BCUT2D eigenvalue weighted by molar-refractivity contribution is 5.44. The fraction of sp³-hybridized carbons (Fsp3) is 0.294. The van der Waals surface area contributed by atoms with Crippen LogP contribution in [0.5, 0.6) is 11.5 Å². The van der Waals surface area contributed by atoms with Crippen molar-refractivity contribution >= 4 is 0 Å². The van der Waals surface area contributed by atoms with E-state index in [4.69, 9.17) is 15.2 Å². The van der Waals surface area contributed by atoms with Crippen molar-refractivity contribution in [2.75, 3.05) is 7.11 Å². The van der Waals surface area contributed by atoms with Crippen LogP contribution in [0, 0.1) is 0 Å². The topological polar surface area (TPSA) is 44.5 Å². The lowest BCUT2D eigenvalue weighted by molar-refractivity contribution is 0.216. The van der Waals surface area contributed by atoms with Gasteiger partial charge in [0, 0.05) is 6.04 Å². The van der Waals surface area contributed by atoms with Crippen molar-refractivity contribution in [3.63, 3.8) is 0 Å². The van der Waals surface area contributed by atoms with Crippen molar-refractivity contribution in [2.45, 2.75) is 26.0 Å². The van der Waals surface area contributed by atoms with Gasteiger partial charge in [-0.1, -0.05) is 36.4 Å². The van der Waals surface area contributed by atoms with E-state index in [1.165, 1.54) is 0 Å². The molecule has 0 aliphatic carbocycles. The van der Waals surface area contributed by atoms with E-state index in [0.29, 0.717) is 5.75 Å². The maximum Gasteiger partial charge on any atom is 0.162 e. The highest BCUT2D eigenvalue weighted by Gasteiger charge is 2.12. The zero-order valence-corrected chi connectivity index (χ0v) is 12.2. The molecule has 3 nitrogen and oxygen atoms in total. The Morgan fingerprint density at radius 1 is 0.900 bits per heavy atom. The Kier molecular flexibility index (Phi) is 4.64. The van der Waals surface area contributed by atoms with Crippen molar-refractivity contribution in [1.82, 2.24) is 0 Å². The number of rotatable bonds is 5. The SMILES string of the molecule is COc1cc([C@@H](C)N)ccc1OC(C)c1ccccc1. The van der Waals surface area contributed by atoms with Gasteiger partial charge in [-0.05, 0) is 37.1 Å². The molecule has 106 valence electrons. The monoisotopic (exact) mass is 271 g/mol. The molecule has 2 aromatic rings. The van der Waals surface area contributed by atoms with E-state index < -0.39 is 0 Å². The molecule has 0 aliphatic rings. The Labute approximate surface area is 120 Å². The summed E-state index contributed by atoms with van der Waals surface area (Å²) in [4.78, 5) is 0. The van der Waals surface area contributed by atoms with Gasteiger partial charge in [0.1, 0.15) is 6.10 Å². The lowest BCUT2D eigenvalue weighted by Crippen LogP contribution is -2.07. The maximum atomic E-state index is 5.99. The highest BCUT2D eigenvalue weighted by Crippen LogP contribution is 2.33. The fourth-order valence-corrected chi connectivity index (χ4v) is 2.05. The Morgan fingerprint density at radius 3 is 2.20 bits per heavy atom. The van der Waals surface area contributed by atoms with E-state index in [9.17, 15) is 0 Å². The van der Waals surface area contributed by atoms with E-state index >= 15 is 0 Å². The molecule has 1 unspecified atom stereocenters. The first-order valence-electron chi connectivity index (χ1n) is 6.77. The summed E-state index contributed by atoms with van der Waals surface area (Å²) in [6.45, 7) is 3.97. The summed E-state index contributed by atoms with van der Waals surface area (Å²) in [6.07, 6.45) is -0.0359. The predicted octanol–water partition coefficient (Wildman–Crippen LogP) is 3.85.